The van der Waals surface area contributed by atoms with E-state index in [1.54, 1.807) is 6.07 Å². The molecule has 0 atom stereocenters. The summed E-state index contributed by atoms with van der Waals surface area (Å²) in [6, 6.07) is 3.58. The van der Waals surface area contributed by atoms with Crippen LogP contribution in [0.5, 0.6) is 0 Å². The Labute approximate surface area is 136 Å². The third-order valence-corrected chi connectivity index (χ3v) is 4.76. The number of rotatable bonds is 4. The summed E-state index contributed by atoms with van der Waals surface area (Å²) in [5.41, 5.74) is 2.03. The molecule has 0 radical (unpaired) electrons. The first kappa shape index (κ1) is 16.4. The van der Waals surface area contributed by atoms with E-state index in [1.165, 1.54) is 0 Å². The third-order valence-electron chi connectivity index (χ3n) is 4.76. The Morgan fingerprint density at radius 1 is 1.26 bits per heavy atom. The lowest BCUT2D eigenvalue weighted by Gasteiger charge is -2.33. The zero-order valence-electron chi connectivity index (χ0n) is 13.7. The van der Waals surface area contributed by atoms with Gasteiger partial charge in [-0.1, -0.05) is 13.0 Å². The Morgan fingerprint density at radius 3 is 2.74 bits per heavy atom. The number of anilines is 1. The normalized spacial score (nSPS) is 19.4. The number of hydrogen-bond donors (Lipinski definition) is 2. The number of hydrogen-bond acceptors (Lipinski definition) is 4. The molecule has 0 aliphatic carbocycles. The third kappa shape index (κ3) is 3.88. The van der Waals surface area contributed by atoms with E-state index < -0.39 is 0 Å². The largest absolute Gasteiger partial charge is 0.322 e. The summed E-state index contributed by atoms with van der Waals surface area (Å²) in [4.78, 5) is 16.7. The SMILES string of the molecule is CCN1CCN(CC(=O)Nc2ccc3c(c2F)CCNC3)CC1. The molecule has 5 nitrogen and oxygen atoms in total. The molecule has 1 fully saturated rings. The van der Waals surface area contributed by atoms with Crippen molar-refractivity contribution in [2.24, 2.45) is 0 Å². The zero-order valence-corrected chi connectivity index (χ0v) is 13.7. The molecule has 0 saturated carbocycles. The number of carbonyl (C=O) groups is 1. The maximum absolute atomic E-state index is 14.5. The van der Waals surface area contributed by atoms with Gasteiger partial charge in [0.25, 0.3) is 0 Å². The van der Waals surface area contributed by atoms with Crippen molar-refractivity contribution < 1.29 is 9.18 Å². The van der Waals surface area contributed by atoms with Gasteiger partial charge in [0.1, 0.15) is 5.82 Å². The highest BCUT2D eigenvalue weighted by molar-refractivity contribution is 5.92. The highest BCUT2D eigenvalue weighted by atomic mass is 19.1. The standard InChI is InChI=1S/C17H25FN4O/c1-2-21-7-9-22(10-8-21)12-16(23)20-15-4-3-13-11-19-6-5-14(13)17(15)18/h3-4,19H,2,5-12H2,1H3,(H,20,23). The predicted octanol–water partition coefficient (Wildman–Crippen LogP) is 1.05. The molecule has 0 bridgehead atoms. The van der Waals surface area contributed by atoms with Crippen molar-refractivity contribution in [3.63, 3.8) is 0 Å². The summed E-state index contributed by atoms with van der Waals surface area (Å²) in [6.45, 7) is 8.76. The molecular formula is C17H25FN4O. The van der Waals surface area contributed by atoms with Crippen LogP contribution in [-0.4, -0.2) is 61.5 Å². The monoisotopic (exact) mass is 320 g/mol. The van der Waals surface area contributed by atoms with Crippen LogP contribution >= 0.6 is 0 Å². The van der Waals surface area contributed by atoms with Gasteiger partial charge in [-0.2, -0.15) is 0 Å². The number of piperazine rings is 1. The summed E-state index contributed by atoms with van der Waals surface area (Å²) < 4.78 is 14.5. The van der Waals surface area contributed by atoms with Crippen LogP contribution in [0.2, 0.25) is 0 Å². The van der Waals surface area contributed by atoms with Gasteiger partial charge in [-0.25, -0.2) is 4.39 Å². The first-order valence-electron chi connectivity index (χ1n) is 8.43. The van der Waals surface area contributed by atoms with E-state index in [9.17, 15) is 9.18 Å². The lowest BCUT2D eigenvalue weighted by molar-refractivity contribution is -0.117. The van der Waals surface area contributed by atoms with Gasteiger partial charge < -0.3 is 15.5 Å². The molecule has 126 valence electrons. The Bertz CT molecular complexity index is 570. The number of nitrogens with zero attached hydrogens (tertiary/aromatic N) is 2. The van der Waals surface area contributed by atoms with Crippen molar-refractivity contribution in [2.45, 2.75) is 19.9 Å². The van der Waals surface area contributed by atoms with Crippen molar-refractivity contribution in [2.75, 3.05) is 51.1 Å². The quantitative estimate of drug-likeness (QED) is 0.870. The molecule has 1 aromatic carbocycles. The highest BCUT2D eigenvalue weighted by Crippen LogP contribution is 2.24. The fraction of sp³-hybridized carbons (Fsp3) is 0.588. The average Bonchev–Trinajstić information content (AvgIpc) is 2.58. The predicted molar refractivity (Wildman–Crippen MR) is 89.0 cm³/mol. The van der Waals surface area contributed by atoms with Gasteiger partial charge in [-0.05, 0) is 36.7 Å². The van der Waals surface area contributed by atoms with Gasteiger partial charge in [-0.3, -0.25) is 9.69 Å². The first-order chi connectivity index (χ1) is 11.2. The number of nitrogens with one attached hydrogen (secondary N) is 2. The molecule has 1 aromatic rings. The molecule has 0 unspecified atom stereocenters. The Balaban J connectivity index is 1.58. The minimum absolute atomic E-state index is 0.136. The van der Waals surface area contributed by atoms with E-state index in [0.29, 0.717) is 25.2 Å². The second kappa shape index (κ2) is 7.38. The molecule has 23 heavy (non-hydrogen) atoms. The van der Waals surface area contributed by atoms with Crippen LogP contribution in [-0.2, 0) is 17.8 Å². The van der Waals surface area contributed by atoms with Crippen LogP contribution in [0, 0.1) is 5.82 Å². The van der Waals surface area contributed by atoms with Gasteiger partial charge in [0.2, 0.25) is 5.91 Å². The van der Waals surface area contributed by atoms with E-state index in [2.05, 4.69) is 27.4 Å². The van der Waals surface area contributed by atoms with Crippen LogP contribution in [0.25, 0.3) is 0 Å². The molecular weight excluding hydrogens is 295 g/mol. The van der Waals surface area contributed by atoms with Gasteiger partial charge in [-0.15, -0.1) is 0 Å². The average molecular weight is 320 g/mol. The lowest BCUT2D eigenvalue weighted by atomic mass is 9.99. The van der Waals surface area contributed by atoms with E-state index in [0.717, 1.165) is 50.4 Å². The van der Waals surface area contributed by atoms with E-state index in [-0.39, 0.29) is 11.7 Å². The molecule has 2 N–H and O–H groups in total. The van der Waals surface area contributed by atoms with Crippen molar-refractivity contribution in [1.29, 1.82) is 0 Å². The smallest absolute Gasteiger partial charge is 0.238 e. The van der Waals surface area contributed by atoms with Crippen LogP contribution in [0.4, 0.5) is 10.1 Å². The maximum Gasteiger partial charge on any atom is 0.238 e. The van der Waals surface area contributed by atoms with Crippen molar-refractivity contribution in [1.82, 2.24) is 15.1 Å². The highest BCUT2D eigenvalue weighted by Gasteiger charge is 2.20. The number of benzene rings is 1. The molecule has 2 aliphatic rings. The summed E-state index contributed by atoms with van der Waals surface area (Å²) in [6.07, 6.45) is 0.670. The number of fused-ring (bicyclic) bond motifs is 1. The molecule has 6 heteroatoms. The maximum atomic E-state index is 14.5. The van der Waals surface area contributed by atoms with Gasteiger partial charge in [0.05, 0.1) is 12.2 Å². The minimum atomic E-state index is -0.270. The second-order valence-corrected chi connectivity index (χ2v) is 6.25. The van der Waals surface area contributed by atoms with Crippen LogP contribution in [0.3, 0.4) is 0 Å². The van der Waals surface area contributed by atoms with Gasteiger partial charge >= 0.3 is 0 Å². The Kier molecular flexibility index (Phi) is 5.25. The Morgan fingerprint density at radius 2 is 2.00 bits per heavy atom. The fourth-order valence-electron chi connectivity index (χ4n) is 3.29. The fourth-order valence-corrected chi connectivity index (χ4v) is 3.29. The molecule has 0 aromatic heterocycles. The molecule has 2 heterocycles. The lowest BCUT2D eigenvalue weighted by Crippen LogP contribution is -2.48. The molecule has 1 amide bonds. The summed E-state index contributed by atoms with van der Waals surface area (Å²) in [5.74, 6) is -0.407. The number of halogens is 1. The molecule has 3 rings (SSSR count). The van der Waals surface area contributed by atoms with E-state index >= 15 is 0 Å². The summed E-state index contributed by atoms with van der Waals surface area (Å²) >= 11 is 0. The summed E-state index contributed by atoms with van der Waals surface area (Å²) in [5, 5.41) is 5.97. The number of likely N-dealkylation sites (N-methyl/N-ethyl adjacent to an activating group) is 1. The van der Waals surface area contributed by atoms with Crippen LogP contribution in [0.1, 0.15) is 18.1 Å². The Hall–Kier alpha value is -1.50. The van der Waals surface area contributed by atoms with Crippen LogP contribution < -0.4 is 10.6 Å². The van der Waals surface area contributed by atoms with Crippen molar-refractivity contribution in [3.05, 3.63) is 29.1 Å². The summed E-state index contributed by atoms with van der Waals surface area (Å²) in [7, 11) is 0. The van der Waals surface area contributed by atoms with Crippen molar-refractivity contribution >= 4 is 11.6 Å². The second-order valence-electron chi connectivity index (χ2n) is 6.25. The number of amides is 1. The molecule has 1 saturated heterocycles. The number of carbonyl (C=O) groups excluding carboxylic acids is 1. The van der Waals surface area contributed by atoms with Crippen molar-refractivity contribution in [3.8, 4) is 0 Å². The van der Waals surface area contributed by atoms with Gasteiger partial charge in [0.15, 0.2) is 0 Å². The zero-order chi connectivity index (χ0) is 16.2. The molecule has 2 aliphatic heterocycles. The topological polar surface area (TPSA) is 47.6 Å². The molecule has 0 spiro atoms. The van der Waals surface area contributed by atoms with E-state index in [1.807, 2.05) is 6.07 Å². The van der Waals surface area contributed by atoms with E-state index in [4.69, 9.17) is 0 Å². The van der Waals surface area contributed by atoms with Crippen LogP contribution in [0.15, 0.2) is 12.1 Å². The first-order valence-corrected chi connectivity index (χ1v) is 8.43. The minimum Gasteiger partial charge on any atom is -0.322 e. The van der Waals surface area contributed by atoms with Gasteiger partial charge in [0, 0.05) is 32.7 Å².